The summed E-state index contributed by atoms with van der Waals surface area (Å²) >= 11 is 1.62. The van der Waals surface area contributed by atoms with E-state index in [9.17, 15) is 4.79 Å². The molecule has 1 aliphatic carbocycles. The topological polar surface area (TPSA) is 33.2 Å². The van der Waals surface area contributed by atoms with Crippen LogP contribution in [0.25, 0.3) is 0 Å². The molecule has 0 fully saturated rings. The molecule has 0 spiro atoms. The molecule has 0 N–H and O–H groups in total. The highest BCUT2D eigenvalue weighted by molar-refractivity contribution is 7.09. The van der Waals surface area contributed by atoms with Crippen LogP contribution in [0.1, 0.15) is 34.2 Å². The van der Waals surface area contributed by atoms with Crippen LogP contribution in [0.4, 0.5) is 0 Å². The third-order valence-corrected chi connectivity index (χ3v) is 4.80. The number of aryl methyl sites for hydroxylation is 2. The molecular weight excluding hydrogens is 268 g/mol. The Morgan fingerprint density at radius 3 is 3.00 bits per heavy atom. The summed E-state index contributed by atoms with van der Waals surface area (Å²) in [7, 11) is 1.88. The zero-order chi connectivity index (χ0) is 14.1. The third-order valence-electron chi connectivity index (χ3n) is 3.85. The molecule has 4 heteroatoms. The number of fused-ring (bicyclic) bond motifs is 1. The van der Waals surface area contributed by atoms with Crippen molar-refractivity contribution >= 4 is 17.2 Å². The number of thiazole rings is 1. The smallest absolute Gasteiger partial charge is 0.230 e. The largest absolute Gasteiger partial charge is 0.338 e. The number of hydrogen-bond donors (Lipinski definition) is 0. The van der Waals surface area contributed by atoms with Gasteiger partial charge in [-0.1, -0.05) is 24.3 Å². The number of hydrogen-bond acceptors (Lipinski definition) is 3. The highest BCUT2D eigenvalue weighted by Gasteiger charge is 2.30. The number of nitrogens with zero attached hydrogens (tertiary/aromatic N) is 2. The maximum Gasteiger partial charge on any atom is 0.230 e. The summed E-state index contributed by atoms with van der Waals surface area (Å²) in [6.07, 6.45) is 1.94. The fourth-order valence-corrected chi connectivity index (χ4v) is 3.66. The predicted octanol–water partition coefficient (Wildman–Crippen LogP) is 3.14. The fraction of sp³-hybridized carbons (Fsp3) is 0.375. The molecule has 0 bridgehead atoms. The van der Waals surface area contributed by atoms with Gasteiger partial charge in [-0.2, -0.15) is 0 Å². The molecule has 1 aliphatic rings. The van der Waals surface area contributed by atoms with E-state index in [1.54, 1.807) is 11.3 Å². The fourth-order valence-electron chi connectivity index (χ4n) is 2.84. The molecule has 104 valence electrons. The molecule has 1 atom stereocenters. The van der Waals surface area contributed by atoms with Gasteiger partial charge in [-0.3, -0.25) is 4.79 Å². The van der Waals surface area contributed by atoms with Crippen LogP contribution in [0.15, 0.2) is 29.6 Å². The molecule has 2 aromatic rings. The second-order valence-corrected chi connectivity index (χ2v) is 6.31. The van der Waals surface area contributed by atoms with Crippen LogP contribution in [-0.2, 0) is 17.8 Å². The second kappa shape index (κ2) is 5.37. The lowest BCUT2D eigenvalue weighted by Gasteiger charge is -2.20. The summed E-state index contributed by atoms with van der Waals surface area (Å²) < 4.78 is 0. The van der Waals surface area contributed by atoms with Crippen molar-refractivity contribution in [3.63, 3.8) is 0 Å². The average Bonchev–Trinajstić information content (AvgIpc) is 3.04. The summed E-state index contributed by atoms with van der Waals surface area (Å²) in [5.74, 6) is 0.236. The van der Waals surface area contributed by atoms with Gasteiger partial charge in [0.15, 0.2) is 0 Å². The van der Waals surface area contributed by atoms with E-state index in [2.05, 4.69) is 17.1 Å². The summed E-state index contributed by atoms with van der Waals surface area (Å²) in [4.78, 5) is 18.9. The molecule has 0 saturated carbocycles. The van der Waals surface area contributed by atoms with Crippen molar-refractivity contribution in [2.75, 3.05) is 7.05 Å². The standard InChI is InChI=1S/C16H18N2OS/c1-11-10-20-15(17-11)9-18(2)16(19)14-8-7-12-5-3-4-6-13(12)14/h3-6,10,14H,7-9H2,1-2H3. The lowest BCUT2D eigenvalue weighted by molar-refractivity contribution is -0.132. The maximum atomic E-state index is 12.6. The zero-order valence-electron chi connectivity index (χ0n) is 11.8. The molecule has 1 amide bonds. The Morgan fingerprint density at radius 2 is 2.25 bits per heavy atom. The van der Waals surface area contributed by atoms with Gasteiger partial charge in [0.25, 0.3) is 0 Å². The Labute approximate surface area is 123 Å². The second-order valence-electron chi connectivity index (χ2n) is 5.37. The first kappa shape index (κ1) is 13.3. The minimum Gasteiger partial charge on any atom is -0.338 e. The molecule has 1 heterocycles. The molecule has 1 aromatic carbocycles. The van der Waals surface area contributed by atoms with Gasteiger partial charge in [-0.05, 0) is 30.9 Å². The number of carbonyl (C=O) groups excluding carboxylic acids is 1. The van der Waals surface area contributed by atoms with Crippen molar-refractivity contribution in [2.45, 2.75) is 32.2 Å². The third kappa shape index (κ3) is 2.48. The van der Waals surface area contributed by atoms with Crippen molar-refractivity contribution < 1.29 is 4.79 Å². The van der Waals surface area contributed by atoms with Gasteiger partial charge in [0, 0.05) is 18.1 Å². The van der Waals surface area contributed by atoms with E-state index < -0.39 is 0 Å². The quantitative estimate of drug-likeness (QED) is 0.868. The summed E-state index contributed by atoms with van der Waals surface area (Å²) in [5, 5.41) is 3.03. The minimum atomic E-state index is 0.0252. The summed E-state index contributed by atoms with van der Waals surface area (Å²) in [6, 6.07) is 8.29. The van der Waals surface area contributed by atoms with E-state index in [1.807, 2.05) is 36.4 Å². The Balaban J connectivity index is 1.73. The minimum absolute atomic E-state index is 0.0252. The molecule has 0 aliphatic heterocycles. The van der Waals surface area contributed by atoms with E-state index in [0.717, 1.165) is 23.5 Å². The predicted molar refractivity (Wildman–Crippen MR) is 80.8 cm³/mol. The molecule has 1 unspecified atom stereocenters. The van der Waals surface area contributed by atoms with E-state index in [4.69, 9.17) is 0 Å². The first-order chi connectivity index (χ1) is 9.65. The van der Waals surface area contributed by atoms with Crippen LogP contribution >= 0.6 is 11.3 Å². The van der Waals surface area contributed by atoms with Gasteiger partial charge < -0.3 is 4.90 Å². The summed E-state index contributed by atoms with van der Waals surface area (Å²) in [6.45, 7) is 2.59. The van der Waals surface area contributed by atoms with Crippen LogP contribution in [-0.4, -0.2) is 22.8 Å². The van der Waals surface area contributed by atoms with Crippen LogP contribution in [0.5, 0.6) is 0 Å². The van der Waals surface area contributed by atoms with Crippen LogP contribution in [0.3, 0.4) is 0 Å². The number of benzene rings is 1. The SMILES string of the molecule is Cc1csc(CN(C)C(=O)C2CCc3ccccc32)n1. The molecular formula is C16H18N2OS. The molecule has 1 aromatic heterocycles. The van der Waals surface area contributed by atoms with Gasteiger partial charge in [-0.15, -0.1) is 11.3 Å². The Kier molecular flexibility index (Phi) is 3.57. The van der Waals surface area contributed by atoms with Gasteiger partial charge >= 0.3 is 0 Å². The van der Waals surface area contributed by atoms with Crippen LogP contribution in [0.2, 0.25) is 0 Å². The van der Waals surface area contributed by atoms with Crippen LogP contribution < -0.4 is 0 Å². The molecule has 0 radical (unpaired) electrons. The van der Waals surface area contributed by atoms with Gasteiger partial charge in [0.05, 0.1) is 12.5 Å². The zero-order valence-corrected chi connectivity index (χ0v) is 12.6. The lowest BCUT2D eigenvalue weighted by atomic mass is 10.00. The molecule has 3 rings (SSSR count). The molecule has 0 saturated heterocycles. The number of rotatable bonds is 3. The molecule has 20 heavy (non-hydrogen) atoms. The normalized spacial score (nSPS) is 17.0. The van der Waals surface area contributed by atoms with Crippen molar-refractivity contribution in [1.29, 1.82) is 0 Å². The highest BCUT2D eigenvalue weighted by atomic mass is 32.1. The van der Waals surface area contributed by atoms with Gasteiger partial charge in [0.1, 0.15) is 5.01 Å². The van der Waals surface area contributed by atoms with E-state index in [-0.39, 0.29) is 11.8 Å². The Bertz CT molecular complexity index is 635. The summed E-state index contributed by atoms with van der Waals surface area (Å²) in [5.41, 5.74) is 3.56. The van der Waals surface area contributed by atoms with Crippen LogP contribution in [0, 0.1) is 6.92 Å². The number of amides is 1. The number of aromatic nitrogens is 1. The van der Waals surface area contributed by atoms with E-state index in [1.165, 1.54) is 11.1 Å². The van der Waals surface area contributed by atoms with Crippen molar-refractivity contribution in [1.82, 2.24) is 9.88 Å². The Hall–Kier alpha value is -1.68. The van der Waals surface area contributed by atoms with Crippen molar-refractivity contribution in [3.05, 3.63) is 51.5 Å². The van der Waals surface area contributed by atoms with E-state index in [0.29, 0.717) is 6.54 Å². The monoisotopic (exact) mass is 286 g/mol. The highest BCUT2D eigenvalue weighted by Crippen LogP contribution is 2.34. The lowest BCUT2D eigenvalue weighted by Crippen LogP contribution is -2.30. The van der Waals surface area contributed by atoms with Gasteiger partial charge in [-0.25, -0.2) is 4.98 Å². The average molecular weight is 286 g/mol. The van der Waals surface area contributed by atoms with Crippen molar-refractivity contribution in [2.24, 2.45) is 0 Å². The van der Waals surface area contributed by atoms with Crippen molar-refractivity contribution in [3.8, 4) is 0 Å². The number of likely N-dealkylation sites (N-methyl/N-ethyl adjacent to an activating group) is 1. The maximum absolute atomic E-state index is 12.6. The number of carbonyl (C=O) groups is 1. The Morgan fingerprint density at radius 1 is 1.45 bits per heavy atom. The van der Waals surface area contributed by atoms with Gasteiger partial charge in [0.2, 0.25) is 5.91 Å². The molecule has 3 nitrogen and oxygen atoms in total. The first-order valence-corrected chi connectivity index (χ1v) is 7.77. The van der Waals surface area contributed by atoms with E-state index >= 15 is 0 Å². The first-order valence-electron chi connectivity index (χ1n) is 6.89.